The van der Waals surface area contributed by atoms with E-state index >= 15 is 0 Å². The van der Waals surface area contributed by atoms with Crippen LogP contribution in [0.2, 0.25) is 0 Å². The lowest BCUT2D eigenvalue weighted by Gasteiger charge is -2.36. The number of carboxylic acid groups (broad SMARTS) is 1. The maximum Gasteiger partial charge on any atom is 0.407 e. The van der Waals surface area contributed by atoms with Gasteiger partial charge in [-0.05, 0) is 37.1 Å². The van der Waals surface area contributed by atoms with Crippen molar-refractivity contribution < 1.29 is 23.9 Å². The van der Waals surface area contributed by atoms with Crippen LogP contribution in [-0.4, -0.2) is 76.6 Å². The van der Waals surface area contributed by atoms with Crippen LogP contribution >= 0.6 is 0 Å². The Morgan fingerprint density at radius 2 is 1.63 bits per heavy atom. The first-order valence-corrected chi connectivity index (χ1v) is 8.80. The molecule has 2 aliphatic rings. The van der Waals surface area contributed by atoms with Gasteiger partial charge in [0.1, 0.15) is 11.9 Å². The zero-order chi connectivity index (χ0) is 19.4. The van der Waals surface area contributed by atoms with Gasteiger partial charge in [0.15, 0.2) is 0 Å². The number of hydrazine groups is 1. The molecule has 2 saturated heterocycles. The number of nitrogens with zero attached hydrogens (tertiary/aromatic N) is 3. The highest BCUT2D eigenvalue weighted by atomic mass is 19.1. The molecule has 2 fully saturated rings. The molecule has 1 atom stereocenters. The van der Waals surface area contributed by atoms with E-state index < -0.39 is 12.1 Å². The molecule has 1 unspecified atom stereocenters. The SMILES string of the molecule is O=C(NNc1ccc(F)cc1)C1CCCN1C(=O)N1CCN(C(=O)O)CC1. The minimum absolute atomic E-state index is 0.250. The number of urea groups is 1. The van der Waals surface area contributed by atoms with Crippen molar-refractivity contribution in [2.24, 2.45) is 0 Å². The number of piperazine rings is 1. The summed E-state index contributed by atoms with van der Waals surface area (Å²) in [6, 6.07) is 4.69. The summed E-state index contributed by atoms with van der Waals surface area (Å²) in [6.07, 6.45) is 0.278. The van der Waals surface area contributed by atoms with E-state index in [9.17, 15) is 18.8 Å². The van der Waals surface area contributed by atoms with Crippen molar-refractivity contribution in [2.45, 2.75) is 18.9 Å². The van der Waals surface area contributed by atoms with Crippen LogP contribution < -0.4 is 10.9 Å². The van der Waals surface area contributed by atoms with Crippen molar-refractivity contribution in [3.63, 3.8) is 0 Å². The summed E-state index contributed by atoms with van der Waals surface area (Å²) in [5.41, 5.74) is 5.81. The Hall–Kier alpha value is -3.04. The van der Waals surface area contributed by atoms with Gasteiger partial charge in [-0.15, -0.1) is 0 Å². The number of nitrogens with one attached hydrogen (secondary N) is 2. The van der Waals surface area contributed by atoms with E-state index in [1.807, 2.05) is 0 Å². The smallest absolute Gasteiger partial charge is 0.407 e. The van der Waals surface area contributed by atoms with E-state index in [-0.39, 0.29) is 30.8 Å². The summed E-state index contributed by atoms with van der Waals surface area (Å²) in [7, 11) is 0. The van der Waals surface area contributed by atoms with Gasteiger partial charge in [-0.3, -0.25) is 15.6 Å². The normalized spacial score (nSPS) is 19.7. The Balaban J connectivity index is 1.54. The van der Waals surface area contributed by atoms with Crippen molar-refractivity contribution in [1.29, 1.82) is 0 Å². The lowest BCUT2D eigenvalue weighted by molar-refractivity contribution is -0.124. The number of halogens is 1. The van der Waals surface area contributed by atoms with E-state index in [1.165, 1.54) is 34.1 Å². The molecule has 0 spiro atoms. The lowest BCUT2D eigenvalue weighted by Crippen LogP contribution is -2.56. The zero-order valence-electron chi connectivity index (χ0n) is 14.7. The van der Waals surface area contributed by atoms with Crippen molar-refractivity contribution in [3.05, 3.63) is 30.1 Å². The fourth-order valence-electron chi connectivity index (χ4n) is 3.29. The van der Waals surface area contributed by atoms with Gasteiger partial charge in [0.25, 0.3) is 5.91 Å². The number of hydrogen-bond donors (Lipinski definition) is 3. The fourth-order valence-corrected chi connectivity index (χ4v) is 3.29. The second kappa shape index (κ2) is 8.11. The highest BCUT2D eigenvalue weighted by Crippen LogP contribution is 2.20. The summed E-state index contributed by atoms with van der Waals surface area (Å²) in [5.74, 6) is -0.711. The number of rotatable bonds is 3. The molecule has 0 bridgehead atoms. The highest BCUT2D eigenvalue weighted by molar-refractivity contribution is 5.88. The molecular formula is C17H22FN5O4. The van der Waals surface area contributed by atoms with Gasteiger partial charge < -0.3 is 19.8 Å². The first kappa shape index (κ1) is 18.7. The average Bonchev–Trinajstić information content (AvgIpc) is 3.16. The molecule has 0 saturated carbocycles. The fraction of sp³-hybridized carbons (Fsp3) is 0.471. The Morgan fingerprint density at radius 3 is 2.26 bits per heavy atom. The summed E-state index contributed by atoms with van der Waals surface area (Å²) in [4.78, 5) is 40.6. The molecule has 0 radical (unpaired) electrons. The monoisotopic (exact) mass is 379 g/mol. The van der Waals surface area contributed by atoms with Crippen molar-refractivity contribution in [3.8, 4) is 0 Å². The minimum atomic E-state index is -0.993. The average molecular weight is 379 g/mol. The summed E-state index contributed by atoms with van der Waals surface area (Å²) in [5, 5.41) is 8.99. The molecule has 1 aromatic rings. The number of carbonyl (C=O) groups excluding carboxylic acids is 2. The van der Waals surface area contributed by atoms with Crippen LogP contribution in [0.15, 0.2) is 24.3 Å². The second-order valence-corrected chi connectivity index (χ2v) is 6.51. The molecule has 3 N–H and O–H groups in total. The Labute approximate surface area is 155 Å². The van der Waals surface area contributed by atoms with E-state index in [2.05, 4.69) is 10.9 Å². The number of amides is 4. The van der Waals surface area contributed by atoms with Crippen LogP contribution in [0.4, 0.5) is 19.7 Å². The van der Waals surface area contributed by atoms with Crippen LogP contribution in [-0.2, 0) is 4.79 Å². The molecule has 146 valence electrons. The van der Waals surface area contributed by atoms with Crippen LogP contribution in [0.3, 0.4) is 0 Å². The molecule has 2 aliphatic heterocycles. The largest absolute Gasteiger partial charge is 0.465 e. The number of likely N-dealkylation sites (tertiary alicyclic amines) is 1. The highest BCUT2D eigenvalue weighted by Gasteiger charge is 2.37. The molecule has 3 rings (SSSR count). The van der Waals surface area contributed by atoms with E-state index in [4.69, 9.17) is 5.11 Å². The number of benzene rings is 1. The topological polar surface area (TPSA) is 105 Å². The van der Waals surface area contributed by atoms with Crippen molar-refractivity contribution in [2.75, 3.05) is 38.1 Å². The number of carbonyl (C=O) groups is 3. The van der Waals surface area contributed by atoms with Crippen LogP contribution in [0, 0.1) is 5.82 Å². The molecule has 2 heterocycles. The van der Waals surface area contributed by atoms with Crippen molar-refractivity contribution in [1.82, 2.24) is 20.1 Å². The maximum atomic E-state index is 12.9. The maximum absolute atomic E-state index is 12.9. The molecule has 0 aromatic heterocycles. The lowest BCUT2D eigenvalue weighted by atomic mass is 10.2. The summed E-state index contributed by atoms with van der Waals surface area (Å²) in [6.45, 7) is 1.62. The third-order valence-electron chi connectivity index (χ3n) is 4.80. The van der Waals surface area contributed by atoms with Gasteiger partial charge in [-0.25, -0.2) is 14.0 Å². The molecule has 0 aliphatic carbocycles. The van der Waals surface area contributed by atoms with E-state index in [0.717, 1.165) is 6.42 Å². The Bertz CT molecular complexity index is 706. The molecule has 1 aromatic carbocycles. The summed E-state index contributed by atoms with van der Waals surface area (Å²) < 4.78 is 12.9. The van der Waals surface area contributed by atoms with Gasteiger partial charge in [0.2, 0.25) is 0 Å². The molecule has 10 heteroatoms. The predicted octanol–water partition coefficient (Wildman–Crippen LogP) is 1.15. The van der Waals surface area contributed by atoms with Crippen LogP contribution in [0.5, 0.6) is 0 Å². The first-order valence-electron chi connectivity index (χ1n) is 8.80. The molecular weight excluding hydrogens is 357 g/mol. The Morgan fingerprint density at radius 1 is 1.00 bits per heavy atom. The van der Waals surface area contributed by atoms with Gasteiger partial charge in [-0.2, -0.15) is 0 Å². The van der Waals surface area contributed by atoms with Crippen LogP contribution in [0.1, 0.15) is 12.8 Å². The van der Waals surface area contributed by atoms with Crippen LogP contribution in [0.25, 0.3) is 0 Å². The standard InChI is InChI=1S/C17H22FN5O4/c18-12-3-5-13(6-4-12)19-20-15(24)14-2-1-7-23(14)16(25)21-8-10-22(11-9-21)17(26)27/h3-6,14,19H,1-2,7-11H2,(H,20,24)(H,26,27). The van der Waals surface area contributed by atoms with Gasteiger partial charge in [0.05, 0.1) is 5.69 Å². The minimum Gasteiger partial charge on any atom is -0.465 e. The Kier molecular flexibility index (Phi) is 5.63. The van der Waals surface area contributed by atoms with E-state index in [0.29, 0.717) is 31.7 Å². The zero-order valence-corrected chi connectivity index (χ0v) is 14.7. The number of anilines is 1. The predicted molar refractivity (Wildman–Crippen MR) is 94.5 cm³/mol. The van der Waals surface area contributed by atoms with E-state index in [1.54, 1.807) is 4.90 Å². The molecule has 9 nitrogen and oxygen atoms in total. The van der Waals surface area contributed by atoms with Gasteiger partial charge in [0, 0.05) is 32.7 Å². The van der Waals surface area contributed by atoms with Gasteiger partial charge >= 0.3 is 12.1 Å². The second-order valence-electron chi connectivity index (χ2n) is 6.51. The van der Waals surface area contributed by atoms with Crippen molar-refractivity contribution >= 4 is 23.7 Å². The molecule has 4 amide bonds. The molecule has 27 heavy (non-hydrogen) atoms. The first-order chi connectivity index (χ1) is 13.0. The van der Waals surface area contributed by atoms with Gasteiger partial charge in [-0.1, -0.05) is 0 Å². The third-order valence-corrected chi connectivity index (χ3v) is 4.80. The number of hydrogen-bond acceptors (Lipinski definition) is 4. The summed E-state index contributed by atoms with van der Waals surface area (Å²) >= 11 is 0. The third kappa shape index (κ3) is 4.39. The quantitative estimate of drug-likeness (QED) is 0.684.